The van der Waals surface area contributed by atoms with Crippen LogP contribution in [0.3, 0.4) is 0 Å². The predicted molar refractivity (Wildman–Crippen MR) is 53.3 cm³/mol. The Hall–Kier alpha value is -1.33. The van der Waals surface area contributed by atoms with Crippen molar-refractivity contribution in [3.05, 3.63) is 34.9 Å². The number of nitrogens with one attached hydrogen (secondary N) is 1. The number of nitriles is 1. The number of benzene rings is 1. The summed E-state index contributed by atoms with van der Waals surface area (Å²) >= 11 is 0. The molecule has 0 spiro atoms. The van der Waals surface area contributed by atoms with E-state index in [1.54, 1.807) is 0 Å². The molecule has 1 rings (SSSR count). The third-order valence-corrected chi connectivity index (χ3v) is 1.99. The summed E-state index contributed by atoms with van der Waals surface area (Å²) in [6, 6.07) is 8.09. The van der Waals surface area contributed by atoms with Gasteiger partial charge >= 0.3 is 0 Å². The fraction of sp³-hybridized carbons (Fsp3) is 0.364. The largest absolute Gasteiger partial charge is 0.313 e. The van der Waals surface area contributed by atoms with E-state index >= 15 is 0 Å². The summed E-state index contributed by atoms with van der Waals surface area (Å²) in [6.45, 7) is 5.90. The number of nitrogens with zero attached hydrogens (tertiary/aromatic N) is 1. The third kappa shape index (κ3) is 2.57. The van der Waals surface area contributed by atoms with Gasteiger partial charge in [0.2, 0.25) is 0 Å². The van der Waals surface area contributed by atoms with Crippen molar-refractivity contribution in [1.82, 2.24) is 5.32 Å². The Labute approximate surface area is 79.2 Å². The first kappa shape index (κ1) is 9.76. The van der Waals surface area contributed by atoms with Crippen molar-refractivity contribution >= 4 is 0 Å². The van der Waals surface area contributed by atoms with Crippen LogP contribution in [-0.4, -0.2) is 6.54 Å². The van der Waals surface area contributed by atoms with E-state index in [1.165, 1.54) is 5.56 Å². The van der Waals surface area contributed by atoms with Gasteiger partial charge in [0.25, 0.3) is 0 Å². The summed E-state index contributed by atoms with van der Waals surface area (Å²) in [5.74, 6) is 0. The second-order valence-corrected chi connectivity index (χ2v) is 3.04. The molecule has 13 heavy (non-hydrogen) atoms. The standard InChI is InChI=1S/C11H14N2/c1-3-13-8-10-4-5-11(7-12)9(2)6-10/h4-6,13H,3,8H2,1-2H3. The lowest BCUT2D eigenvalue weighted by atomic mass is 10.1. The number of rotatable bonds is 3. The van der Waals surface area contributed by atoms with E-state index < -0.39 is 0 Å². The van der Waals surface area contributed by atoms with Gasteiger partial charge in [-0.1, -0.05) is 19.1 Å². The molecule has 1 aromatic carbocycles. The van der Waals surface area contributed by atoms with E-state index in [4.69, 9.17) is 5.26 Å². The highest BCUT2D eigenvalue weighted by Crippen LogP contribution is 2.09. The molecule has 0 saturated heterocycles. The first-order valence-corrected chi connectivity index (χ1v) is 4.48. The van der Waals surface area contributed by atoms with E-state index in [2.05, 4.69) is 24.4 Å². The van der Waals surface area contributed by atoms with Gasteiger partial charge in [-0.25, -0.2) is 0 Å². The minimum atomic E-state index is 0.764. The molecule has 1 aromatic rings. The van der Waals surface area contributed by atoms with Crippen molar-refractivity contribution in [1.29, 1.82) is 5.26 Å². The molecule has 1 N–H and O–H groups in total. The third-order valence-electron chi connectivity index (χ3n) is 1.99. The summed E-state index contributed by atoms with van der Waals surface area (Å²) in [5, 5.41) is 12.0. The molecule has 0 fully saturated rings. The lowest BCUT2D eigenvalue weighted by molar-refractivity contribution is 0.726. The van der Waals surface area contributed by atoms with Crippen LogP contribution in [0.2, 0.25) is 0 Å². The molecular formula is C11H14N2. The summed E-state index contributed by atoms with van der Waals surface area (Å²) < 4.78 is 0. The Kier molecular flexibility index (Phi) is 3.48. The van der Waals surface area contributed by atoms with Gasteiger partial charge in [0.05, 0.1) is 11.6 Å². The maximum atomic E-state index is 8.72. The highest BCUT2D eigenvalue weighted by molar-refractivity contribution is 5.39. The highest BCUT2D eigenvalue weighted by Gasteiger charge is 1.97. The van der Waals surface area contributed by atoms with Gasteiger partial charge in [-0.05, 0) is 30.7 Å². The topological polar surface area (TPSA) is 35.8 Å². The first-order valence-electron chi connectivity index (χ1n) is 4.48. The minimum absolute atomic E-state index is 0.764. The van der Waals surface area contributed by atoms with Crippen molar-refractivity contribution in [2.45, 2.75) is 20.4 Å². The van der Waals surface area contributed by atoms with E-state index in [-0.39, 0.29) is 0 Å². The zero-order valence-corrected chi connectivity index (χ0v) is 8.09. The van der Waals surface area contributed by atoms with Gasteiger partial charge in [0.1, 0.15) is 0 Å². The SMILES string of the molecule is CCNCc1ccc(C#N)c(C)c1. The summed E-state index contributed by atoms with van der Waals surface area (Å²) in [7, 11) is 0. The van der Waals surface area contributed by atoms with Gasteiger partial charge in [0, 0.05) is 6.54 Å². The summed E-state index contributed by atoms with van der Waals surface area (Å²) in [6.07, 6.45) is 0. The molecule has 0 aliphatic rings. The van der Waals surface area contributed by atoms with E-state index in [0.717, 1.165) is 24.2 Å². The van der Waals surface area contributed by atoms with Gasteiger partial charge < -0.3 is 5.32 Å². The molecule has 0 saturated carbocycles. The molecule has 0 bridgehead atoms. The quantitative estimate of drug-likeness (QED) is 0.760. The van der Waals surface area contributed by atoms with Gasteiger partial charge in [-0.15, -0.1) is 0 Å². The number of hydrogen-bond acceptors (Lipinski definition) is 2. The van der Waals surface area contributed by atoms with Crippen LogP contribution in [-0.2, 0) is 6.54 Å². The Morgan fingerprint density at radius 2 is 2.23 bits per heavy atom. The summed E-state index contributed by atoms with van der Waals surface area (Å²) in [5.41, 5.74) is 3.05. The number of aryl methyl sites for hydroxylation is 1. The van der Waals surface area contributed by atoms with Crippen LogP contribution in [0.1, 0.15) is 23.6 Å². The molecule has 0 heterocycles. The Morgan fingerprint density at radius 1 is 1.46 bits per heavy atom. The highest BCUT2D eigenvalue weighted by atomic mass is 14.8. The van der Waals surface area contributed by atoms with E-state index in [9.17, 15) is 0 Å². The molecular weight excluding hydrogens is 160 g/mol. The molecule has 68 valence electrons. The van der Waals surface area contributed by atoms with Gasteiger partial charge in [0.15, 0.2) is 0 Å². The molecule has 0 radical (unpaired) electrons. The van der Waals surface area contributed by atoms with Crippen molar-refractivity contribution in [3.63, 3.8) is 0 Å². The predicted octanol–water partition coefficient (Wildman–Crippen LogP) is 1.98. The average molecular weight is 174 g/mol. The van der Waals surface area contributed by atoms with E-state index in [1.807, 2.05) is 19.1 Å². The monoisotopic (exact) mass is 174 g/mol. The average Bonchev–Trinajstić information content (AvgIpc) is 2.15. The molecule has 0 aliphatic heterocycles. The first-order chi connectivity index (χ1) is 6.27. The maximum Gasteiger partial charge on any atom is 0.0994 e. The summed E-state index contributed by atoms with van der Waals surface area (Å²) in [4.78, 5) is 0. The minimum Gasteiger partial charge on any atom is -0.313 e. The molecule has 0 aliphatic carbocycles. The fourth-order valence-corrected chi connectivity index (χ4v) is 1.23. The van der Waals surface area contributed by atoms with Crippen molar-refractivity contribution < 1.29 is 0 Å². The normalized spacial score (nSPS) is 9.62. The Morgan fingerprint density at radius 3 is 2.77 bits per heavy atom. The zero-order valence-electron chi connectivity index (χ0n) is 8.09. The lowest BCUT2D eigenvalue weighted by Gasteiger charge is -2.03. The van der Waals surface area contributed by atoms with Crippen LogP contribution < -0.4 is 5.32 Å². The smallest absolute Gasteiger partial charge is 0.0994 e. The second kappa shape index (κ2) is 4.64. The van der Waals surface area contributed by atoms with Crippen molar-refractivity contribution in [2.24, 2.45) is 0 Å². The van der Waals surface area contributed by atoms with Crippen LogP contribution in [0.4, 0.5) is 0 Å². The second-order valence-electron chi connectivity index (χ2n) is 3.04. The Balaban J connectivity index is 2.79. The number of hydrogen-bond donors (Lipinski definition) is 1. The van der Waals surface area contributed by atoms with Crippen LogP contribution in [0.25, 0.3) is 0 Å². The van der Waals surface area contributed by atoms with E-state index in [0.29, 0.717) is 0 Å². The van der Waals surface area contributed by atoms with Crippen LogP contribution in [0.15, 0.2) is 18.2 Å². The van der Waals surface area contributed by atoms with Gasteiger partial charge in [-0.2, -0.15) is 5.26 Å². The van der Waals surface area contributed by atoms with Crippen LogP contribution in [0, 0.1) is 18.3 Å². The van der Waals surface area contributed by atoms with Gasteiger partial charge in [-0.3, -0.25) is 0 Å². The van der Waals surface area contributed by atoms with Crippen molar-refractivity contribution in [3.8, 4) is 6.07 Å². The fourth-order valence-electron chi connectivity index (χ4n) is 1.23. The van der Waals surface area contributed by atoms with Crippen molar-refractivity contribution in [2.75, 3.05) is 6.54 Å². The lowest BCUT2D eigenvalue weighted by Crippen LogP contribution is -2.11. The molecule has 2 heteroatoms. The Bertz CT molecular complexity index is 323. The van der Waals surface area contributed by atoms with Crippen LogP contribution >= 0.6 is 0 Å². The maximum absolute atomic E-state index is 8.72. The molecule has 0 aromatic heterocycles. The molecule has 0 amide bonds. The molecule has 0 atom stereocenters. The molecule has 2 nitrogen and oxygen atoms in total. The zero-order chi connectivity index (χ0) is 9.68. The van der Waals surface area contributed by atoms with Crippen LogP contribution in [0.5, 0.6) is 0 Å². The molecule has 0 unspecified atom stereocenters.